The van der Waals surface area contributed by atoms with Crippen LogP contribution in [0.15, 0.2) is 29.2 Å². The normalized spacial score (nSPS) is 12.2. The Morgan fingerprint density at radius 1 is 1.12 bits per heavy atom. The number of rotatable bonds is 9. The smallest absolute Gasteiger partial charge is 0.242 e. The maximum absolute atomic E-state index is 12.1. The fraction of sp³-hybridized carbons (Fsp3) is 0.500. The maximum atomic E-state index is 12.1. The summed E-state index contributed by atoms with van der Waals surface area (Å²) >= 11 is 0. The van der Waals surface area contributed by atoms with Gasteiger partial charge in [0.15, 0.2) is 0 Å². The van der Waals surface area contributed by atoms with Gasteiger partial charge in [-0.25, -0.2) is 21.1 Å². The summed E-state index contributed by atoms with van der Waals surface area (Å²) in [7, 11) is -3.06. The Balaban J connectivity index is 3.04. The van der Waals surface area contributed by atoms with E-state index in [0.29, 0.717) is 6.61 Å². The van der Waals surface area contributed by atoms with E-state index in [2.05, 4.69) is 5.32 Å². The van der Waals surface area contributed by atoms with Crippen LogP contribution in [-0.2, 0) is 29.6 Å². The van der Waals surface area contributed by atoms with E-state index in [4.69, 9.17) is 4.74 Å². The number of sulfonamides is 2. The molecule has 0 bridgehead atoms. The number of nitrogens with one attached hydrogen (secondary N) is 1. The number of anilines is 1. The highest BCUT2D eigenvalue weighted by molar-refractivity contribution is 7.92. The highest BCUT2D eigenvalue weighted by Crippen LogP contribution is 2.21. The zero-order valence-corrected chi connectivity index (χ0v) is 16.2. The van der Waals surface area contributed by atoms with E-state index in [1.165, 1.54) is 45.5 Å². The quantitative estimate of drug-likeness (QED) is 0.564. The summed E-state index contributed by atoms with van der Waals surface area (Å²) in [5.41, 5.74) is 0.196. The van der Waals surface area contributed by atoms with Gasteiger partial charge in [-0.05, 0) is 24.3 Å². The van der Waals surface area contributed by atoms with Gasteiger partial charge in [-0.2, -0.15) is 0 Å². The molecule has 1 rings (SSSR count). The molecule has 0 radical (unpaired) electrons. The highest BCUT2D eigenvalue weighted by Gasteiger charge is 2.22. The van der Waals surface area contributed by atoms with Crippen molar-refractivity contribution in [2.45, 2.75) is 4.90 Å². The minimum absolute atomic E-state index is 0.0271. The van der Waals surface area contributed by atoms with Crippen molar-refractivity contribution in [1.82, 2.24) is 9.62 Å². The minimum atomic E-state index is -3.73. The number of carbonyl (C=O) groups is 1. The Bertz CT molecular complexity index is 788. The van der Waals surface area contributed by atoms with E-state index in [1.54, 1.807) is 0 Å². The van der Waals surface area contributed by atoms with Gasteiger partial charge in [-0.1, -0.05) is 0 Å². The van der Waals surface area contributed by atoms with Crippen molar-refractivity contribution in [2.24, 2.45) is 0 Å². The van der Waals surface area contributed by atoms with Gasteiger partial charge in [0.2, 0.25) is 26.0 Å². The summed E-state index contributed by atoms with van der Waals surface area (Å²) < 4.78 is 54.8. The number of nitrogens with zero attached hydrogens (tertiary/aromatic N) is 2. The lowest BCUT2D eigenvalue weighted by molar-refractivity contribution is -0.119. The third-order valence-electron chi connectivity index (χ3n) is 3.22. The second-order valence-corrected chi connectivity index (χ2v) is 9.45. The Kier molecular flexibility index (Phi) is 7.35. The molecule has 1 N–H and O–H groups in total. The largest absolute Gasteiger partial charge is 0.383 e. The fourth-order valence-corrected chi connectivity index (χ4v) is 3.63. The molecule has 142 valence electrons. The number of carbonyl (C=O) groups excluding carboxylic acids is 1. The molecule has 0 fully saturated rings. The van der Waals surface area contributed by atoms with Crippen LogP contribution in [0.5, 0.6) is 0 Å². The zero-order chi connectivity index (χ0) is 19.3. The highest BCUT2D eigenvalue weighted by atomic mass is 32.2. The number of benzene rings is 1. The van der Waals surface area contributed by atoms with E-state index in [1.807, 2.05) is 0 Å². The van der Waals surface area contributed by atoms with Crippen LogP contribution in [0.1, 0.15) is 0 Å². The molecular formula is C14H23N3O6S2. The molecule has 0 unspecified atom stereocenters. The molecule has 0 aliphatic carbocycles. The number of ether oxygens (including phenoxy) is 1. The van der Waals surface area contributed by atoms with Crippen molar-refractivity contribution in [3.63, 3.8) is 0 Å². The fourth-order valence-electron chi connectivity index (χ4n) is 1.87. The Morgan fingerprint density at radius 2 is 1.68 bits per heavy atom. The predicted molar refractivity (Wildman–Crippen MR) is 94.4 cm³/mol. The predicted octanol–water partition coefficient (Wildman–Crippen LogP) is -0.534. The molecule has 1 aromatic rings. The molecule has 1 amide bonds. The molecule has 11 heteroatoms. The van der Waals surface area contributed by atoms with Crippen LogP contribution in [0.25, 0.3) is 0 Å². The topological polar surface area (TPSA) is 113 Å². The minimum Gasteiger partial charge on any atom is -0.383 e. The third kappa shape index (κ3) is 5.96. The summed E-state index contributed by atoms with van der Waals surface area (Å²) in [6.45, 7) is 0.150. The average molecular weight is 393 g/mol. The summed E-state index contributed by atoms with van der Waals surface area (Å²) in [5, 5.41) is 2.53. The molecule has 0 aliphatic heterocycles. The first-order valence-electron chi connectivity index (χ1n) is 7.26. The third-order valence-corrected chi connectivity index (χ3v) is 6.19. The van der Waals surface area contributed by atoms with Crippen molar-refractivity contribution < 1.29 is 26.4 Å². The van der Waals surface area contributed by atoms with E-state index in [-0.39, 0.29) is 17.1 Å². The van der Waals surface area contributed by atoms with Crippen molar-refractivity contribution in [3.05, 3.63) is 24.3 Å². The van der Waals surface area contributed by atoms with Crippen LogP contribution in [0.3, 0.4) is 0 Å². The van der Waals surface area contributed by atoms with Crippen LogP contribution in [-0.4, -0.2) is 74.2 Å². The Morgan fingerprint density at radius 3 is 2.12 bits per heavy atom. The van der Waals surface area contributed by atoms with Gasteiger partial charge in [0, 0.05) is 27.7 Å². The summed E-state index contributed by atoms with van der Waals surface area (Å²) in [4.78, 5) is 11.9. The van der Waals surface area contributed by atoms with Crippen molar-refractivity contribution in [3.8, 4) is 0 Å². The molecule has 25 heavy (non-hydrogen) atoms. The summed E-state index contributed by atoms with van der Waals surface area (Å²) in [6.07, 6.45) is 0.972. The molecular weight excluding hydrogens is 370 g/mol. The van der Waals surface area contributed by atoms with Gasteiger partial charge in [-0.3, -0.25) is 9.10 Å². The molecule has 0 spiro atoms. The average Bonchev–Trinajstić information content (AvgIpc) is 2.52. The van der Waals surface area contributed by atoms with Crippen LogP contribution >= 0.6 is 0 Å². The number of hydrogen-bond acceptors (Lipinski definition) is 6. The number of methoxy groups -OCH3 is 1. The van der Waals surface area contributed by atoms with Crippen LogP contribution in [0.2, 0.25) is 0 Å². The molecule has 1 aromatic carbocycles. The second-order valence-electron chi connectivity index (χ2n) is 5.39. The number of amides is 1. The van der Waals surface area contributed by atoms with Gasteiger partial charge < -0.3 is 10.1 Å². The van der Waals surface area contributed by atoms with Crippen molar-refractivity contribution in [1.29, 1.82) is 0 Å². The molecule has 0 atom stereocenters. The van der Waals surface area contributed by atoms with E-state index in [0.717, 1.165) is 14.9 Å². The standard InChI is InChI=1S/C14H23N3O6S2/c1-16(2)25(21,22)13-7-5-12(6-8-13)17(24(4,19)20)11-14(18)15-9-10-23-3/h5-8H,9-11H2,1-4H3,(H,15,18). The number of hydrogen-bond donors (Lipinski definition) is 1. The van der Waals surface area contributed by atoms with Crippen molar-refractivity contribution in [2.75, 3.05) is 51.5 Å². The lowest BCUT2D eigenvalue weighted by Gasteiger charge is -2.22. The lowest BCUT2D eigenvalue weighted by atomic mass is 10.3. The zero-order valence-electron chi connectivity index (χ0n) is 14.6. The van der Waals surface area contributed by atoms with Gasteiger partial charge in [0.25, 0.3) is 0 Å². The van der Waals surface area contributed by atoms with E-state index < -0.39 is 32.5 Å². The van der Waals surface area contributed by atoms with Gasteiger partial charge in [-0.15, -0.1) is 0 Å². The van der Waals surface area contributed by atoms with E-state index >= 15 is 0 Å². The molecule has 0 saturated heterocycles. The molecule has 0 saturated carbocycles. The first-order valence-corrected chi connectivity index (χ1v) is 10.5. The summed E-state index contributed by atoms with van der Waals surface area (Å²) in [6, 6.07) is 5.29. The molecule has 9 nitrogen and oxygen atoms in total. The Labute approximate surface area is 148 Å². The SMILES string of the molecule is COCCNC(=O)CN(c1ccc(S(=O)(=O)N(C)C)cc1)S(C)(=O)=O. The van der Waals surface area contributed by atoms with Gasteiger partial charge in [0.1, 0.15) is 6.54 Å². The van der Waals surface area contributed by atoms with Crippen LogP contribution < -0.4 is 9.62 Å². The Hall–Kier alpha value is -1.69. The first kappa shape index (κ1) is 21.4. The van der Waals surface area contributed by atoms with Gasteiger partial charge in [0.05, 0.1) is 23.4 Å². The molecule has 0 heterocycles. The molecule has 0 aromatic heterocycles. The van der Waals surface area contributed by atoms with Crippen LogP contribution in [0, 0.1) is 0 Å². The maximum Gasteiger partial charge on any atom is 0.242 e. The van der Waals surface area contributed by atoms with Gasteiger partial charge >= 0.3 is 0 Å². The lowest BCUT2D eigenvalue weighted by Crippen LogP contribution is -2.41. The van der Waals surface area contributed by atoms with Crippen molar-refractivity contribution >= 4 is 31.6 Å². The monoisotopic (exact) mass is 393 g/mol. The molecule has 0 aliphatic rings. The summed E-state index contributed by atoms with van der Waals surface area (Å²) in [5.74, 6) is -0.493. The second kappa shape index (κ2) is 8.61. The van der Waals surface area contributed by atoms with Crippen LogP contribution in [0.4, 0.5) is 5.69 Å². The van der Waals surface area contributed by atoms with E-state index in [9.17, 15) is 21.6 Å². The first-order chi connectivity index (χ1) is 11.5.